The molecule has 0 aromatic carbocycles. The van der Waals surface area contributed by atoms with Gasteiger partial charge in [0.1, 0.15) is 11.0 Å². The topological polar surface area (TPSA) is 21.1 Å². The van der Waals surface area contributed by atoms with Crippen LogP contribution in [0.25, 0.3) is 0 Å². The van der Waals surface area contributed by atoms with E-state index in [0.29, 0.717) is 18.0 Å². The number of hydrogen-bond acceptors (Lipinski definition) is 2. The van der Waals surface area contributed by atoms with Gasteiger partial charge in [0.25, 0.3) is 0 Å². The van der Waals surface area contributed by atoms with Gasteiger partial charge in [0, 0.05) is 24.5 Å². The minimum absolute atomic E-state index is 0.382. The molecule has 0 aliphatic carbocycles. The van der Waals surface area contributed by atoms with Crippen LogP contribution in [0.2, 0.25) is 5.15 Å². The largest absolute Gasteiger partial charge is 0.316 e. The quantitative estimate of drug-likeness (QED) is 0.826. The van der Waals surface area contributed by atoms with E-state index in [1.807, 2.05) is 0 Å². The van der Waals surface area contributed by atoms with E-state index in [0.717, 1.165) is 17.5 Å². The zero-order valence-electron chi connectivity index (χ0n) is 11.2. The van der Waals surface area contributed by atoms with Crippen molar-refractivity contribution >= 4 is 11.6 Å². The number of nitrogens with zero attached hydrogens (tertiary/aromatic N) is 3. The van der Waals surface area contributed by atoms with Crippen molar-refractivity contribution in [3.63, 3.8) is 0 Å². The van der Waals surface area contributed by atoms with Gasteiger partial charge in [0.15, 0.2) is 0 Å². The smallest absolute Gasteiger partial charge is 0.129 e. The van der Waals surface area contributed by atoms with Gasteiger partial charge in [-0.2, -0.15) is 0 Å². The molecule has 0 N–H and O–H groups in total. The molecule has 2 heterocycles. The lowest BCUT2D eigenvalue weighted by Gasteiger charge is -2.21. The molecule has 0 spiro atoms. The summed E-state index contributed by atoms with van der Waals surface area (Å²) in [5.41, 5.74) is 0. The van der Waals surface area contributed by atoms with Gasteiger partial charge in [-0.3, -0.25) is 0 Å². The molecule has 0 saturated carbocycles. The highest BCUT2D eigenvalue weighted by Crippen LogP contribution is 2.31. The number of hydrogen-bond donors (Lipinski definition) is 0. The molecule has 1 aromatic heterocycles. The maximum absolute atomic E-state index is 6.20. The minimum Gasteiger partial charge on any atom is -0.316 e. The van der Waals surface area contributed by atoms with E-state index in [9.17, 15) is 0 Å². The Labute approximate surface area is 109 Å². The molecule has 4 heteroatoms. The first-order valence-electron chi connectivity index (χ1n) is 6.47. The zero-order valence-corrected chi connectivity index (χ0v) is 11.9. The van der Waals surface area contributed by atoms with Crippen LogP contribution in [0, 0.1) is 0 Å². The molecule has 1 aromatic rings. The average Bonchev–Trinajstić information content (AvgIpc) is 2.82. The molecule has 0 radical (unpaired) electrons. The fraction of sp³-hybridized carbons (Fsp3) is 0.769. The molecule has 0 bridgehead atoms. The highest BCUT2D eigenvalue weighted by molar-refractivity contribution is 6.29. The third-order valence-corrected chi connectivity index (χ3v) is 3.89. The molecule has 1 atom stereocenters. The van der Waals surface area contributed by atoms with Crippen LogP contribution in [0.5, 0.6) is 0 Å². The summed E-state index contributed by atoms with van der Waals surface area (Å²) < 4.78 is 2.16. The van der Waals surface area contributed by atoms with Gasteiger partial charge in [-0.25, -0.2) is 4.98 Å². The highest BCUT2D eigenvalue weighted by atomic mass is 35.5. The van der Waals surface area contributed by atoms with Crippen molar-refractivity contribution < 1.29 is 0 Å². The number of rotatable bonds is 3. The van der Waals surface area contributed by atoms with Gasteiger partial charge in [0.2, 0.25) is 0 Å². The van der Waals surface area contributed by atoms with Crippen LogP contribution in [0.15, 0.2) is 6.20 Å². The summed E-state index contributed by atoms with van der Waals surface area (Å²) in [6, 6.07) is 1.01. The van der Waals surface area contributed by atoms with Crippen LogP contribution < -0.4 is 0 Å². The highest BCUT2D eigenvalue weighted by Gasteiger charge is 2.29. The fourth-order valence-corrected chi connectivity index (χ4v) is 2.96. The Balaban J connectivity index is 2.19. The van der Waals surface area contributed by atoms with Crippen molar-refractivity contribution in [2.24, 2.45) is 0 Å². The molecule has 2 rings (SSSR count). The van der Waals surface area contributed by atoms with Gasteiger partial charge >= 0.3 is 0 Å². The third-order valence-electron chi connectivity index (χ3n) is 3.61. The Morgan fingerprint density at radius 1 is 1.29 bits per heavy atom. The van der Waals surface area contributed by atoms with E-state index in [-0.39, 0.29) is 0 Å². The van der Waals surface area contributed by atoms with Gasteiger partial charge in [-0.15, -0.1) is 0 Å². The molecule has 1 aliphatic rings. The Bertz CT molecular complexity index is 384. The van der Waals surface area contributed by atoms with Crippen molar-refractivity contribution in [3.05, 3.63) is 17.2 Å². The zero-order chi connectivity index (χ0) is 12.6. The van der Waals surface area contributed by atoms with Gasteiger partial charge in [0.05, 0.1) is 6.20 Å². The van der Waals surface area contributed by atoms with E-state index in [1.165, 1.54) is 13.0 Å². The molecule has 1 aliphatic heterocycles. The Morgan fingerprint density at radius 3 is 2.53 bits per heavy atom. The molecule has 3 nitrogen and oxygen atoms in total. The standard InChI is InChI=1S/C13H22ClN3/c1-9(2)16-6-5-11(8-16)13-15-7-12(14)17(13)10(3)4/h7,9-11H,5-6,8H2,1-4H3. The summed E-state index contributed by atoms with van der Waals surface area (Å²) >= 11 is 6.20. The summed E-state index contributed by atoms with van der Waals surface area (Å²) in [6.45, 7) is 11.1. The van der Waals surface area contributed by atoms with Crippen molar-refractivity contribution in [2.75, 3.05) is 13.1 Å². The third kappa shape index (κ3) is 2.50. The maximum atomic E-state index is 6.20. The predicted octanol–water partition coefficient (Wildman–Crippen LogP) is 3.32. The summed E-state index contributed by atoms with van der Waals surface area (Å²) in [5.74, 6) is 1.69. The second-order valence-electron chi connectivity index (χ2n) is 5.48. The van der Waals surface area contributed by atoms with Gasteiger partial charge < -0.3 is 9.47 Å². The summed E-state index contributed by atoms with van der Waals surface area (Å²) in [7, 11) is 0. The molecule has 96 valence electrons. The minimum atomic E-state index is 0.382. The lowest BCUT2D eigenvalue weighted by molar-refractivity contribution is 0.271. The monoisotopic (exact) mass is 255 g/mol. The summed E-state index contributed by atoms with van der Waals surface area (Å²) in [5, 5.41) is 0.762. The van der Waals surface area contributed by atoms with Crippen LogP contribution in [0.4, 0.5) is 0 Å². The molecule has 1 saturated heterocycles. The van der Waals surface area contributed by atoms with Gasteiger partial charge in [-0.05, 0) is 40.7 Å². The number of aromatic nitrogens is 2. The molecule has 1 unspecified atom stereocenters. The van der Waals surface area contributed by atoms with Crippen LogP contribution in [0.3, 0.4) is 0 Å². The predicted molar refractivity (Wildman–Crippen MR) is 71.7 cm³/mol. The lowest BCUT2D eigenvalue weighted by Crippen LogP contribution is -2.28. The van der Waals surface area contributed by atoms with E-state index in [2.05, 4.69) is 42.1 Å². The van der Waals surface area contributed by atoms with Crippen molar-refractivity contribution in [1.82, 2.24) is 14.5 Å². The first-order valence-corrected chi connectivity index (χ1v) is 6.85. The number of imidazole rings is 1. The fourth-order valence-electron chi connectivity index (χ4n) is 2.63. The SMILES string of the molecule is CC(C)N1CCC(c2ncc(Cl)n2C(C)C)C1. The number of likely N-dealkylation sites (tertiary alicyclic amines) is 1. The lowest BCUT2D eigenvalue weighted by atomic mass is 10.1. The van der Waals surface area contributed by atoms with E-state index in [1.54, 1.807) is 6.20 Å². The second-order valence-corrected chi connectivity index (χ2v) is 5.86. The van der Waals surface area contributed by atoms with Crippen LogP contribution in [-0.2, 0) is 0 Å². The van der Waals surface area contributed by atoms with Crippen molar-refractivity contribution in [2.45, 2.75) is 52.1 Å². The van der Waals surface area contributed by atoms with Gasteiger partial charge in [-0.1, -0.05) is 11.6 Å². The van der Waals surface area contributed by atoms with E-state index < -0.39 is 0 Å². The summed E-state index contributed by atoms with van der Waals surface area (Å²) in [4.78, 5) is 7.03. The van der Waals surface area contributed by atoms with Crippen molar-refractivity contribution in [1.29, 1.82) is 0 Å². The Kier molecular flexibility index (Phi) is 3.79. The first-order chi connectivity index (χ1) is 8.00. The van der Waals surface area contributed by atoms with E-state index >= 15 is 0 Å². The second kappa shape index (κ2) is 4.99. The van der Waals surface area contributed by atoms with E-state index in [4.69, 9.17) is 11.6 Å². The van der Waals surface area contributed by atoms with Crippen LogP contribution in [0.1, 0.15) is 51.9 Å². The molecular formula is C13H22ClN3. The van der Waals surface area contributed by atoms with Crippen LogP contribution in [-0.4, -0.2) is 33.6 Å². The van der Waals surface area contributed by atoms with Crippen molar-refractivity contribution in [3.8, 4) is 0 Å². The molecular weight excluding hydrogens is 234 g/mol. The average molecular weight is 256 g/mol. The normalized spacial score (nSPS) is 21.9. The molecule has 17 heavy (non-hydrogen) atoms. The Morgan fingerprint density at radius 2 is 2.00 bits per heavy atom. The molecule has 0 amide bonds. The number of halogens is 1. The molecule has 1 fully saturated rings. The first kappa shape index (κ1) is 12.9. The van der Waals surface area contributed by atoms with Crippen LogP contribution >= 0.6 is 11.6 Å². The maximum Gasteiger partial charge on any atom is 0.129 e. The Hall–Kier alpha value is -0.540. The summed E-state index contributed by atoms with van der Waals surface area (Å²) in [6.07, 6.45) is 2.98.